The third-order valence-corrected chi connectivity index (χ3v) is 3.52. The number of nitrogens with one attached hydrogen (secondary N) is 1. The maximum atomic E-state index is 5.67. The highest BCUT2D eigenvalue weighted by molar-refractivity contribution is 5.77. The maximum absolute atomic E-state index is 5.67. The molecule has 0 spiro atoms. The van der Waals surface area contributed by atoms with Gasteiger partial charge in [-0.05, 0) is 30.7 Å². The van der Waals surface area contributed by atoms with Gasteiger partial charge in [-0.3, -0.25) is 0 Å². The minimum Gasteiger partial charge on any atom is -0.338 e. The lowest BCUT2D eigenvalue weighted by Crippen LogP contribution is -2.26. The molecule has 4 heteroatoms. The first kappa shape index (κ1) is 13.6. The van der Waals surface area contributed by atoms with Crippen molar-refractivity contribution < 1.29 is 0 Å². The van der Waals surface area contributed by atoms with Crippen molar-refractivity contribution in [1.82, 2.24) is 9.97 Å². The van der Waals surface area contributed by atoms with Crippen LogP contribution in [0.15, 0.2) is 54.6 Å². The Morgan fingerprint density at radius 1 is 1.00 bits per heavy atom. The van der Waals surface area contributed by atoms with Crippen LogP contribution < -0.4 is 10.6 Å². The van der Waals surface area contributed by atoms with Crippen LogP contribution in [0.3, 0.4) is 0 Å². The summed E-state index contributed by atoms with van der Waals surface area (Å²) in [6.07, 6.45) is 0.948. The van der Waals surface area contributed by atoms with E-state index in [9.17, 15) is 0 Å². The van der Waals surface area contributed by atoms with Crippen LogP contribution in [0.2, 0.25) is 0 Å². The lowest BCUT2D eigenvalue weighted by atomic mass is 10.2. The molecular weight excluding hydrogens is 260 g/mol. The summed E-state index contributed by atoms with van der Waals surface area (Å²) in [5.74, 6) is 0.911. The molecule has 0 atom stereocenters. The Hall–Kier alpha value is -2.33. The molecule has 0 aliphatic heterocycles. The van der Waals surface area contributed by atoms with Crippen molar-refractivity contribution in [1.29, 1.82) is 0 Å². The molecule has 0 unspecified atom stereocenters. The number of anilines is 1. The van der Waals surface area contributed by atoms with Crippen molar-refractivity contribution in [2.24, 2.45) is 5.73 Å². The van der Waals surface area contributed by atoms with Crippen LogP contribution in [0.5, 0.6) is 0 Å². The van der Waals surface area contributed by atoms with Crippen molar-refractivity contribution >= 4 is 17.0 Å². The number of hydrogen-bond acceptors (Lipinski definition) is 3. The van der Waals surface area contributed by atoms with Crippen molar-refractivity contribution in [3.63, 3.8) is 0 Å². The lowest BCUT2D eigenvalue weighted by Gasteiger charge is -2.21. The molecule has 108 valence electrons. The molecule has 0 bridgehead atoms. The molecule has 3 N–H and O–H groups in total. The average Bonchev–Trinajstić information content (AvgIpc) is 2.96. The molecule has 0 fully saturated rings. The molecule has 0 aliphatic carbocycles. The summed E-state index contributed by atoms with van der Waals surface area (Å²) in [5.41, 5.74) is 9.01. The summed E-state index contributed by atoms with van der Waals surface area (Å²) in [6.45, 7) is 2.41. The van der Waals surface area contributed by atoms with Gasteiger partial charge >= 0.3 is 0 Å². The topological polar surface area (TPSA) is 57.9 Å². The highest BCUT2D eigenvalue weighted by Crippen LogP contribution is 2.19. The monoisotopic (exact) mass is 280 g/mol. The number of para-hydroxylation sites is 2. The second-order valence-corrected chi connectivity index (χ2v) is 5.13. The second kappa shape index (κ2) is 6.41. The van der Waals surface area contributed by atoms with E-state index in [1.807, 2.05) is 24.3 Å². The normalized spacial score (nSPS) is 10.9. The van der Waals surface area contributed by atoms with Gasteiger partial charge in [-0.25, -0.2) is 4.98 Å². The zero-order valence-electron chi connectivity index (χ0n) is 12.0. The van der Waals surface area contributed by atoms with E-state index in [-0.39, 0.29) is 0 Å². The summed E-state index contributed by atoms with van der Waals surface area (Å²) >= 11 is 0. The quantitative estimate of drug-likeness (QED) is 0.730. The van der Waals surface area contributed by atoms with Gasteiger partial charge in [-0.2, -0.15) is 0 Å². The van der Waals surface area contributed by atoms with Gasteiger partial charge in [-0.1, -0.05) is 42.5 Å². The number of H-pyrrole nitrogens is 1. The molecule has 3 aromatic rings. The van der Waals surface area contributed by atoms with Gasteiger partial charge in [0.15, 0.2) is 0 Å². The van der Waals surface area contributed by atoms with Crippen LogP contribution in [-0.4, -0.2) is 23.1 Å². The zero-order valence-corrected chi connectivity index (χ0v) is 12.0. The number of aromatic amines is 1. The number of aromatic nitrogens is 2. The molecule has 3 rings (SSSR count). The van der Waals surface area contributed by atoms with E-state index in [2.05, 4.69) is 40.2 Å². The number of fused-ring (bicyclic) bond motifs is 1. The van der Waals surface area contributed by atoms with E-state index in [4.69, 9.17) is 10.7 Å². The molecular formula is C17H20N4. The average molecular weight is 280 g/mol. The first-order valence-corrected chi connectivity index (χ1v) is 7.30. The van der Waals surface area contributed by atoms with Crippen LogP contribution in [0.1, 0.15) is 12.0 Å². The standard InChI is InChI=1S/C17H20N4/c18-11-6-12-21(13-14-7-2-1-3-8-14)17-19-15-9-4-5-10-16(15)20-17/h1-5,7-10H,6,11-13,18H2,(H,19,20). The Morgan fingerprint density at radius 3 is 2.52 bits per heavy atom. The molecule has 0 amide bonds. The minimum absolute atomic E-state index is 0.686. The smallest absolute Gasteiger partial charge is 0.204 e. The van der Waals surface area contributed by atoms with Crippen molar-refractivity contribution in [2.45, 2.75) is 13.0 Å². The molecule has 0 saturated carbocycles. The summed E-state index contributed by atoms with van der Waals surface area (Å²) in [7, 11) is 0. The predicted molar refractivity (Wildman–Crippen MR) is 87.3 cm³/mol. The Balaban J connectivity index is 1.87. The molecule has 0 aliphatic rings. The largest absolute Gasteiger partial charge is 0.338 e. The maximum Gasteiger partial charge on any atom is 0.204 e. The first-order chi connectivity index (χ1) is 10.4. The summed E-state index contributed by atoms with van der Waals surface area (Å²) in [6, 6.07) is 18.5. The zero-order chi connectivity index (χ0) is 14.5. The van der Waals surface area contributed by atoms with E-state index >= 15 is 0 Å². The fourth-order valence-electron chi connectivity index (χ4n) is 2.43. The van der Waals surface area contributed by atoms with Gasteiger partial charge in [0.2, 0.25) is 5.95 Å². The number of rotatable bonds is 6. The molecule has 1 aromatic heterocycles. The Morgan fingerprint density at radius 2 is 1.76 bits per heavy atom. The number of hydrogen-bond donors (Lipinski definition) is 2. The highest BCUT2D eigenvalue weighted by Gasteiger charge is 2.11. The minimum atomic E-state index is 0.686. The molecule has 4 nitrogen and oxygen atoms in total. The first-order valence-electron chi connectivity index (χ1n) is 7.30. The van der Waals surface area contributed by atoms with E-state index in [0.29, 0.717) is 6.54 Å². The number of imidazole rings is 1. The Bertz CT molecular complexity index is 657. The fraction of sp³-hybridized carbons (Fsp3) is 0.235. The number of benzene rings is 2. The third kappa shape index (κ3) is 3.23. The van der Waals surface area contributed by atoms with Crippen LogP contribution >= 0.6 is 0 Å². The van der Waals surface area contributed by atoms with E-state index in [1.54, 1.807) is 0 Å². The number of nitrogens with zero attached hydrogens (tertiary/aromatic N) is 2. The van der Waals surface area contributed by atoms with Crippen LogP contribution in [0.25, 0.3) is 11.0 Å². The summed E-state index contributed by atoms with van der Waals surface area (Å²) < 4.78 is 0. The van der Waals surface area contributed by atoms with E-state index in [1.165, 1.54) is 5.56 Å². The molecule has 2 aromatic carbocycles. The van der Waals surface area contributed by atoms with E-state index in [0.717, 1.165) is 36.5 Å². The van der Waals surface area contributed by atoms with Crippen LogP contribution in [0.4, 0.5) is 5.95 Å². The molecule has 21 heavy (non-hydrogen) atoms. The van der Waals surface area contributed by atoms with Gasteiger partial charge in [0.05, 0.1) is 11.0 Å². The van der Waals surface area contributed by atoms with Crippen LogP contribution in [0, 0.1) is 0 Å². The third-order valence-electron chi connectivity index (χ3n) is 3.52. The van der Waals surface area contributed by atoms with Crippen LogP contribution in [-0.2, 0) is 6.54 Å². The van der Waals surface area contributed by atoms with E-state index < -0.39 is 0 Å². The molecule has 0 radical (unpaired) electrons. The van der Waals surface area contributed by atoms with Gasteiger partial charge in [-0.15, -0.1) is 0 Å². The lowest BCUT2D eigenvalue weighted by molar-refractivity contribution is 0.720. The SMILES string of the molecule is NCCCN(Cc1ccccc1)c1nc2ccccc2[nH]1. The molecule has 0 saturated heterocycles. The summed E-state index contributed by atoms with van der Waals surface area (Å²) in [5, 5.41) is 0. The van der Waals surface area contributed by atoms with Gasteiger partial charge in [0, 0.05) is 13.1 Å². The number of nitrogens with two attached hydrogens (primary N) is 1. The van der Waals surface area contributed by atoms with Gasteiger partial charge < -0.3 is 15.6 Å². The van der Waals surface area contributed by atoms with Crippen molar-refractivity contribution in [2.75, 3.05) is 18.0 Å². The summed E-state index contributed by atoms with van der Waals surface area (Å²) in [4.78, 5) is 10.3. The van der Waals surface area contributed by atoms with Gasteiger partial charge in [0.1, 0.15) is 0 Å². The highest BCUT2D eigenvalue weighted by atomic mass is 15.3. The Labute approximate surface area is 124 Å². The predicted octanol–water partition coefficient (Wildman–Crippen LogP) is 2.92. The van der Waals surface area contributed by atoms with Crippen molar-refractivity contribution in [3.05, 3.63) is 60.2 Å². The fourth-order valence-corrected chi connectivity index (χ4v) is 2.43. The Kier molecular flexibility index (Phi) is 4.17. The second-order valence-electron chi connectivity index (χ2n) is 5.13. The van der Waals surface area contributed by atoms with Gasteiger partial charge in [0.25, 0.3) is 0 Å². The van der Waals surface area contributed by atoms with Crippen molar-refractivity contribution in [3.8, 4) is 0 Å². The molecule has 1 heterocycles.